The molecule has 0 amide bonds. The first-order valence-corrected chi connectivity index (χ1v) is 10.6. The van der Waals surface area contributed by atoms with E-state index in [2.05, 4.69) is 10.3 Å². The third-order valence-electron chi connectivity index (χ3n) is 5.96. The number of alkyl halides is 3. The molecule has 1 aliphatic rings. The van der Waals surface area contributed by atoms with Gasteiger partial charge in [0.1, 0.15) is 12.4 Å². The van der Waals surface area contributed by atoms with E-state index in [1.54, 1.807) is 28.8 Å². The van der Waals surface area contributed by atoms with Crippen molar-refractivity contribution in [3.63, 3.8) is 0 Å². The smallest absolute Gasteiger partial charge is 0.392 e. The van der Waals surface area contributed by atoms with Gasteiger partial charge in [-0.25, -0.2) is 4.98 Å². The third kappa shape index (κ3) is 4.80. The van der Waals surface area contributed by atoms with Crippen molar-refractivity contribution in [1.29, 1.82) is 0 Å². The quantitative estimate of drug-likeness (QED) is 0.465. The van der Waals surface area contributed by atoms with Crippen molar-refractivity contribution < 1.29 is 28.5 Å². The first kappa shape index (κ1) is 22.7. The molecule has 9 heteroatoms. The fourth-order valence-electron chi connectivity index (χ4n) is 4.31. The average Bonchev–Trinajstić information content (AvgIpc) is 3.11. The van der Waals surface area contributed by atoms with E-state index in [1.165, 1.54) is 6.07 Å². The van der Waals surface area contributed by atoms with Crippen LogP contribution in [0.2, 0.25) is 0 Å². The summed E-state index contributed by atoms with van der Waals surface area (Å²) in [4.78, 5) is 4.39. The van der Waals surface area contributed by atoms with Crippen LogP contribution in [-0.2, 0) is 19.3 Å². The third-order valence-corrected chi connectivity index (χ3v) is 5.96. The molecule has 0 bridgehead atoms. The summed E-state index contributed by atoms with van der Waals surface area (Å²) in [5, 5.41) is 33.8. The lowest BCUT2D eigenvalue weighted by Gasteiger charge is -2.30. The molecule has 1 aliphatic heterocycles. The monoisotopic (exact) mass is 449 g/mol. The van der Waals surface area contributed by atoms with Gasteiger partial charge < -0.3 is 25.2 Å². The lowest BCUT2D eigenvalue weighted by Crippen LogP contribution is -2.47. The topological polar surface area (TPSA) is 90.5 Å². The van der Waals surface area contributed by atoms with Crippen LogP contribution in [0.3, 0.4) is 0 Å². The van der Waals surface area contributed by atoms with E-state index in [4.69, 9.17) is 0 Å². The fourth-order valence-corrected chi connectivity index (χ4v) is 4.31. The number of hydrogen-bond donors (Lipinski definition) is 4. The number of aliphatic hydroxyl groups is 3. The van der Waals surface area contributed by atoms with Gasteiger partial charge in [0.2, 0.25) is 0 Å². The second kappa shape index (κ2) is 9.19. The van der Waals surface area contributed by atoms with Crippen LogP contribution in [0.4, 0.5) is 13.2 Å². The molecule has 1 aromatic heterocycles. The Bertz CT molecular complexity index is 1080. The summed E-state index contributed by atoms with van der Waals surface area (Å²) in [5.41, 5.74) is 1.45. The molecular weight excluding hydrogens is 423 g/mol. The summed E-state index contributed by atoms with van der Waals surface area (Å²) < 4.78 is 41.0. The number of nitrogens with one attached hydrogen (secondary N) is 1. The van der Waals surface area contributed by atoms with Gasteiger partial charge in [-0.15, -0.1) is 0 Å². The predicted molar refractivity (Wildman–Crippen MR) is 114 cm³/mol. The van der Waals surface area contributed by atoms with Gasteiger partial charge in [0, 0.05) is 6.04 Å². The van der Waals surface area contributed by atoms with Crippen molar-refractivity contribution in [2.45, 2.75) is 56.8 Å². The van der Waals surface area contributed by atoms with Crippen LogP contribution >= 0.6 is 0 Å². The van der Waals surface area contributed by atoms with Gasteiger partial charge in [-0.2, -0.15) is 13.2 Å². The molecule has 1 fully saturated rings. The highest BCUT2D eigenvalue weighted by atomic mass is 19.4. The number of aliphatic hydroxyl groups excluding tert-OH is 3. The minimum absolute atomic E-state index is 0.142. The van der Waals surface area contributed by atoms with Crippen molar-refractivity contribution in [2.24, 2.45) is 0 Å². The van der Waals surface area contributed by atoms with Gasteiger partial charge in [0.15, 0.2) is 0 Å². The summed E-state index contributed by atoms with van der Waals surface area (Å²) in [5.74, 6) is 0.359. The normalized spacial score (nSPS) is 20.6. The van der Waals surface area contributed by atoms with Crippen LogP contribution in [0, 0.1) is 0 Å². The molecule has 172 valence electrons. The number of rotatable bonds is 6. The van der Waals surface area contributed by atoms with E-state index in [1.807, 2.05) is 0 Å². The molecular formula is C23H26F3N3O3. The SMILES string of the molecule is OCc1nc2ccc(-c3cccc(C(F)(F)F)c3)cc2n1CC(O)C[C@H]1NCCC[C@@H]1O. The van der Waals surface area contributed by atoms with Crippen molar-refractivity contribution in [3.8, 4) is 11.1 Å². The fraction of sp³-hybridized carbons (Fsp3) is 0.435. The maximum atomic E-state index is 13.1. The minimum Gasteiger partial charge on any atom is -0.392 e. The molecule has 0 radical (unpaired) electrons. The van der Waals surface area contributed by atoms with Gasteiger partial charge in [-0.3, -0.25) is 0 Å². The Morgan fingerprint density at radius 3 is 2.66 bits per heavy atom. The maximum Gasteiger partial charge on any atom is 0.416 e. The maximum absolute atomic E-state index is 13.1. The van der Waals surface area contributed by atoms with Crippen LogP contribution in [0.5, 0.6) is 0 Å². The Labute approximate surface area is 183 Å². The molecule has 0 aliphatic carbocycles. The molecule has 6 nitrogen and oxygen atoms in total. The Balaban J connectivity index is 1.64. The summed E-state index contributed by atoms with van der Waals surface area (Å²) in [6.45, 7) is 0.582. The Hall–Kier alpha value is -2.46. The summed E-state index contributed by atoms with van der Waals surface area (Å²) in [6.07, 6.45) is -3.87. The number of aromatic nitrogens is 2. The van der Waals surface area contributed by atoms with E-state index in [-0.39, 0.29) is 19.2 Å². The number of benzene rings is 2. The average molecular weight is 449 g/mol. The van der Waals surface area contributed by atoms with Gasteiger partial charge in [0.25, 0.3) is 0 Å². The van der Waals surface area contributed by atoms with E-state index < -0.39 is 23.9 Å². The Morgan fingerprint density at radius 2 is 1.94 bits per heavy atom. The number of fused-ring (bicyclic) bond motifs is 1. The van der Waals surface area contributed by atoms with E-state index >= 15 is 0 Å². The number of piperidine rings is 1. The molecule has 4 N–H and O–H groups in total. The number of hydrogen-bond acceptors (Lipinski definition) is 5. The van der Waals surface area contributed by atoms with E-state index in [0.717, 1.165) is 25.1 Å². The van der Waals surface area contributed by atoms with Crippen molar-refractivity contribution in [2.75, 3.05) is 6.54 Å². The molecule has 4 rings (SSSR count). The van der Waals surface area contributed by atoms with Crippen molar-refractivity contribution >= 4 is 11.0 Å². The van der Waals surface area contributed by atoms with Gasteiger partial charge in [-0.1, -0.05) is 18.2 Å². The number of imidazole rings is 1. The van der Waals surface area contributed by atoms with Crippen LogP contribution in [0.15, 0.2) is 42.5 Å². The number of halogens is 3. The summed E-state index contributed by atoms with van der Waals surface area (Å²) >= 11 is 0. The molecule has 1 unspecified atom stereocenters. The second-order valence-electron chi connectivity index (χ2n) is 8.24. The van der Waals surface area contributed by atoms with E-state index in [0.29, 0.717) is 40.8 Å². The van der Waals surface area contributed by atoms with E-state index in [9.17, 15) is 28.5 Å². The lowest BCUT2D eigenvalue weighted by atomic mass is 9.96. The van der Waals surface area contributed by atoms with Gasteiger partial charge in [-0.05, 0) is 61.2 Å². The van der Waals surface area contributed by atoms with Gasteiger partial charge in [0.05, 0.1) is 35.3 Å². The van der Waals surface area contributed by atoms with Gasteiger partial charge >= 0.3 is 6.18 Å². The zero-order chi connectivity index (χ0) is 22.9. The molecule has 3 atom stereocenters. The molecule has 0 saturated carbocycles. The molecule has 3 aromatic rings. The van der Waals surface area contributed by atoms with Crippen LogP contribution in [0.1, 0.15) is 30.7 Å². The highest BCUT2D eigenvalue weighted by Crippen LogP contribution is 2.33. The standard InChI is InChI=1S/C23H26F3N3O3/c24-23(25,26)16-4-1-3-14(9-16)15-6-7-18-20(10-15)29(22(13-30)28-18)12-17(31)11-19-21(32)5-2-8-27-19/h1,3-4,6-7,9-10,17,19,21,27,30-32H,2,5,8,11-13H2/t17?,19-,21+/m1/s1. The Morgan fingerprint density at radius 1 is 1.16 bits per heavy atom. The molecule has 2 heterocycles. The predicted octanol–water partition coefficient (Wildman–Crippen LogP) is 3.08. The molecule has 0 spiro atoms. The lowest BCUT2D eigenvalue weighted by molar-refractivity contribution is -0.137. The summed E-state index contributed by atoms with van der Waals surface area (Å²) in [7, 11) is 0. The van der Waals surface area contributed by atoms with Crippen LogP contribution in [0.25, 0.3) is 22.2 Å². The highest BCUT2D eigenvalue weighted by Gasteiger charge is 2.30. The Kier molecular flexibility index (Phi) is 6.52. The minimum atomic E-state index is -4.44. The molecule has 1 saturated heterocycles. The zero-order valence-electron chi connectivity index (χ0n) is 17.4. The molecule has 2 aromatic carbocycles. The highest BCUT2D eigenvalue weighted by molar-refractivity contribution is 5.83. The molecule has 32 heavy (non-hydrogen) atoms. The van der Waals surface area contributed by atoms with Crippen molar-refractivity contribution in [1.82, 2.24) is 14.9 Å². The largest absolute Gasteiger partial charge is 0.416 e. The van der Waals surface area contributed by atoms with Crippen LogP contribution < -0.4 is 5.32 Å². The van der Waals surface area contributed by atoms with Crippen LogP contribution in [-0.4, -0.2) is 49.7 Å². The van der Waals surface area contributed by atoms with Crippen molar-refractivity contribution in [3.05, 3.63) is 53.9 Å². The summed E-state index contributed by atoms with van der Waals surface area (Å²) in [6, 6.07) is 9.98. The first-order chi connectivity index (χ1) is 15.3. The zero-order valence-corrected chi connectivity index (χ0v) is 17.4. The second-order valence-corrected chi connectivity index (χ2v) is 8.24. The first-order valence-electron chi connectivity index (χ1n) is 10.6. The number of nitrogens with zero attached hydrogens (tertiary/aromatic N) is 2.